The summed E-state index contributed by atoms with van der Waals surface area (Å²) >= 11 is 0. The molecular formula is C12H22N2O. The molecule has 0 aromatic rings. The number of hydrogen-bond donors (Lipinski definition) is 0. The predicted molar refractivity (Wildman–Crippen MR) is 60.1 cm³/mol. The van der Waals surface area contributed by atoms with Crippen molar-refractivity contribution in [1.29, 1.82) is 0 Å². The Morgan fingerprint density at radius 3 is 2.60 bits per heavy atom. The quantitative estimate of drug-likeness (QED) is 0.695. The first kappa shape index (κ1) is 10.9. The van der Waals surface area contributed by atoms with Gasteiger partial charge in [-0.3, -0.25) is 9.80 Å². The van der Waals surface area contributed by atoms with Crippen molar-refractivity contribution in [2.75, 3.05) is 13.1 Å². The smallest absolute Gasteiger partial charge is 0.240 e. The SMILES string of the molecule is CCC1CCN2CC[C@@H](C(C)C)N2C1=O. The Kier molecular flexibility index (Phi) is 3.01. The number of hydrazine groups is 1. The second-order valence-corrected chi connectivity index (χ2v) is 5.13. The van der Waals surface area contributed by atoms with E-state index in [-0.39, 0.29) is 5.92 Å². The fourth-order valence-corrected chi connectivity index (χ4v) is 2.85. The van der Waals surface area contributed by atoms with Gasteiger partial charge in [0, 0.05) is 19.0 Å². The first-order valence-corrected chi connectivity index (χ1v) is 6.23. The van der Waals surface area contributed by atoms with Crippen LogP contribution >= 0.6 is 0 Å². The highest BCUT2D eigenvalue weighted by Gasteiger charge is 2.42. The monoisotopic (exact) mass is 210 g/mol. The largest absolute Gasteiger partial charge is 0.273 e. The van der Waals surface area contributed by atoms with Gasteiger partial charge in [0.2, 0.25) is 5.91 Å². The second-order valence-electron chi connectivity index (χ2n) is 5.13. The Balaban J connectivity index is 2.14. The van der Waals surface area contributed by atoms with Crippen LogP contribution < -0.4 is 0 Å². The lowest BCUT2D eigenvalue weighted by atomic mass is 9.96. The summed E-state index contributed by atoms with van der Waals surface area (Å²) in [5.41, 5.74) is 0. The van der Waals surface area contributed by atoms with E-state index in [4.69, 9.17) is 0 Å². The highest BCUT2D eigenvalue weighted by Crippen LogP contribution is 2.31. The zero-order chi connectivity index (χ0) is 11.0. The molecular weight excluding hydrogens is 188 g/mol. The van der Waals surface area contributed by atoms with Gasteiger partial charge >= 0.3 is 0 Å². The van der Waals surface area contributed by atoms with E-state index in [2.05, 4.69) is 30.8 Å². The molecule has 3 nitrogen and oxygen atoms in total. The summed E-state index contributed by atoms with van der Waals surface area (Å²) in [5, 5.41) is 4.33. The van der Waals surface area contributed by atoms with Crippen molar-refractivity contribution in [2.45, 2.75) is 46.1 Å². The number of carbonyl (C=O) groups is 1. The molecule has 0 bridgehead atoms. The fraction of sp³-hybridized carbons (Fsp3) is 0.917. The maximum Gasteiger partial charge on any atom is 0.240 e. The van der Waals surface area contributed by atoms with Crippen molar-refractivity contribution < 1.29 is 4.79 Å². The number of rotatable bonds is 2. The third-order valence-corrected chi connectivity index (χ3v) is 3.87. The molecule has 2 aliphatic rings. The van der Waals surface area contributed by atoms with Crippen molar-refractivity contribution >= 4 is 5.91 Å². The van der Waals surface area contributed by atoms with Crippen LogP contribution in [0.2, 0.25) is 0 Å². The molecule has 1 unspecified atom stereocenters. The van der Waals surface area contributed by atoms with Gasteiger partial charge in [-0.05, 0) is 25.2 Å². The zero-order valence-electron chi connectivity index (χ0n) is 10.1. The molecule has 1 amide bonds. The molecule has 15 heavy (non-hydrogen) atoms. The van der Waals surface area contributed by atoms with Gasteiger partial charge < -0.3 is 0 Å². The van der Waals surface area contributed by atoms with Crippen LogP contribution in [0.25, 0.3) is 0 Å². The van der Waals surface area contributed by atoms with E-state index in [1.165, 1.54) is 0 Å². The van der Waals surface area contributed by atoms with Crippen molar-refractivity contribution in [3.05, 3.63) is 0 Å². The first-order valence-electron chi connectivity index (χ1n) is 6.23. The molecule has 0 N–H and O–H groups in total. The molecule has 2 saturated heterocycles. The molecule has 0 aromatic carbocycles. The Hall–Kier alpha value is -0.570. The Morgan fingerprint density at radius 2 is 2.00 bits per heavy atom. The lowest BCUT2D eigenvalue weighted by molar-refractivity contribution is -0.161. The number of fused-ring (bicyclic) bond motifs is 1. The number of hydrogen-bond acceptors (Lipinski definition) is 2. The third kappa shape index (κ3) is 1.78. The molecule has 0 saturated carbocycles. The van der Waals surface area contributed by atoms with Gasteiger partial charge in [-0.2, -0.15) is 0 Å². The third-order valence-electron chi connectivity index (χ3n) is 3.87. The van der Waals surface area contributed by atoms with Crippen LogP contribution in [0.1, 0.15) is 40.0 Å². The second kappa shape index (κ2) is 4.12. The maximum absolute atomic E-state index is 12.2. The van der Waals surface area contributed by atoms with Gasteiger partial charge in [-0.15, -0.1) is 0 Å². The molecule has 0 aromatic heterocycles. The molecule has 2 rings (SSSR count). The summed E-state index contributed by atoms with van der Waals surface area (Å²) < 4.78 is 0. The molecule has 2 fully saturated rings. The zero-order valence-corrected chi connectivity index (χ0v) is 10.1. The highest BCUT2D eigenvalue weighted by molar-refractivity contribution is 5.79. The van der Waals surface area contributed by atoms with Crippen LogP contribution in [0.4, 0.5) is 0 Å². The maximum atomic E-state index is 12.2. The van der Waals surface area contributed by atoms with E-state index in [0.29, 0.717) is 17.9 Å². The normalized spacial score (nSPS) is 32.5. The Labute approximate surface area is 92.4 Å². The van der Waals surface area contributed by atoms with Crippen molar-refractivity contribution in [3.63, 3.8) is 0 Å². The molecule has 3 heteroatoms. The topological polar surface area (TPSA) is 23.6 Å². The van der Waals surface area contributed by atoms with Gasteiger partial charge in [0.1, 0.15) is 0 Å². The van der Waals surface area contributed by atoms with E-state index in [1.54, 1.807) is 0 Å². The van der Waals surface area contributed by atoms with Crippen molar-refractivity contribution in [1.82, 2.24) is 10.0 Å². The minimum Gasteiger partial charge on any atom is -0.273 e. The minimum atomic E-state index is 0.278. The average molecular weight is 210 g/mol. The van der Waals surface area contributed by atoms with Gasteiger partial charge in [0.15, 0.2) is 0 Å². The van der Waals surface area contributed by atoms with Crippen LogP contribution in [0, 0.1) is 11.8 Å². The number of amides is 1. The summed E-state index contributed by atoms with van der Waals surface area (Å²) in [6.45, 7) is 8.71. The summed E-state index contributed by atoms with van der Waals surface area (Å²) in [4.78, 5) is 12.2. The molecule has 2 heterocycles. The van der Waals surface area contributed by atoms with E-state index in [0.717, 1.165) is 32.4 Å². The summed E-state index contributed by atoms with van der Waals surface area (Å²) in [6.07, 6.45) is 3.20. The molecule has 0 aliphatic carbocycles. The molecule has 2 aliphatic heterocycles. The van der Waals surface area contributed by atoms with E-state index < -0.39 is 0 Å². The van der Waals surface area contributed by atoms with Crippen LogP contribution in [-0.2, 0) is 4.79 Å². The summed E-state index contributed by atoms with van der Waals surface area (Å²) in [7, 11) is 0. The highest BCUT2D eigenvalue weighted by atomic mass is 16.2. The van der Waals surface area contributed by atoms with Crippen molar-refractivity contribution in [3.8, 4) is 0 Å². The van der Waals surface area contributed by atoms with Crippen LogP contribution in [0.15, 0.2) is 0 Å². The number of carbonyl (C=O) groups excluding carboxylic acids is 1. The fourth-order valence-electron chi connectivity index (χ4n) is 2.85. The summed E-state index contributed by atoms with van der Waals surface area (Å²) in [6, 6.07) is 0.451. The standard InChI is InChI=1S/C12H22N2O/c1-4-10-5-7-13-8-6-11(9(2)3)14(13)12(10)15/h9-11H,4-8H2,1-3H3/t10?,11-/m0/s1. The van der Waals surface area contributed by atoms with E-state index >= 15 is 0 Å². The molecule has 2 atom stereocenters. The van der Waals surface area contributed by atoms with E-state index in [1.807, 2.05) is 0 Å². The Bertz CT molecular complexity index is 252. The van der Waals surface area contributed by atoms with Gasteiger partial charge in [-0.1, -0.05) is 20.8 Å². The number of nitrogens with zero attached hydrogens (tertiary/aromatic N) is 2. The summed E-state index contributed by atoms with van der Waals surface area (Å²) in [5.74, 6) is 1.23. The lowest BCUT2D eigenvalue weighted by Crippen LogP contribution is -2.53. The van der Waals surface area contributed by atoms with Gasteiger partial charge in [0.05, 0.1) is 6.04 Å². The van der Waals surface area contributed by atoms with Gasteiger partial charge in [-0.25, -0.2) is 5.01 Å². The molecule has 86 valence electrons. The predicted octanol–water partition coefficient (Wildman–Crippen LogP) is 1.89. The van der Waals surface area contributed by atoms with Crippen LogP contribution in [-0.4, -0.2) is 35.1 Å². The minimum absolute atomic E-state index is 0.278. The first-order chi connectivity index (χ1) is 7.15. The lowest BCUT2D eigenvalue weighted by Gasteiger charge is -2.40. The van der Waals surface area contributed by atoms with E-state index in [9.17, 15) is 4.79 Å². The van der Waals surface area contributed by atoms with Crippen LogP contribution in [0.5, 0.6) is 0 Å². The molecule has 0 radical (unpaired) electrons. The average Bonchev–Trinajstić information content (AvgIpc) is 2.63. The van der Waals surface area contributed by atoms with Crippen molar-refractivity contribution in [2.24, 2.45) is 11.8 Å². The van der Waals surface area contributed by atoms with Gasteiger partial charge in [0.25, 0.3) is 0 Å². The van der Waals surface area contributed by atoms with Crippen LogP contribution in [0.3, 0.4) is 0 Å². The Morgan fingerprint density at radius 1 is 1.33 bits per heavy atom. The molecule has 0 spiro atoms.